The number of nitrogens with one attached hydrogen (secondary N) is 1. The summed E-state index contributed by atoms with van der Waals surface area (Å²) in [7, 11) is -3.58. The van der Waals surface area contributed by atoms with Crippen molar-refractivity contribution in [2.24, 2.45) is 0 Å². The Kier molecular flexibility index (Phi) is 7.46. The average molecular weight is 445 g/mol. The van der Waals surface area contributed by atoms with Crippen molar-refractivity contribution in [2.45, 2.75) is 44.4 Å². The first kappa shape index (κ1) is 23.0. The predicted octanol–water partition coefficient (Wildman–Crippen LogP) is 3.66. The number of rotatable bonds is 6. The summed E-state index contributed by atoms with van der Waals surface area (Å²) in [6.45, 7) is 4.40. The number of carbonyl (C=O) groups excluding carboxylic acids is 2. The Bertz CT molecular complexity index is 1040. The highest BCUT2D eigenvalue weighted by Gasteiger charge is 2.25. The van der Waals surface area contributed by atoms with Crippen molar-refractivity contribution in [2.75, 3.05) is 25.0 Å². The van der Waals surface area contributed by atoms with Crippen LogP contribution in [0.3, 0.4) is 0 Å². The van der Waals surface area contributed by atoms with Crippen LogP contribution in [-0.2, 0) is 19.6 Å². The van der Waals surface area contributed by atoms with Gasteiger partial charge in [-0.1, -0.05) is 25.0 Å². The maximum Gasteiger partial charge on any atom is 0.338 e. The quantitative estimate of drug-likeness (QED) is 0.687. The van der Waals surface area contributed by atoms with Crippen LogP contribution in [-0.4, -0.2) is 44.3 Å². The van der Waals surface area contributed by atoms with E-state index in [1.54, 1.807) is 0 Å². The molecular weight excluding hydrogens is 416 g/mol. The highest BCUT2D eigenvalue weighted by atomic mass is 32.2. The van der Waals surface area contributed by atoms with Crippen LogP contribution in [0.5, 0.6) is 0 Å². The van der Waals surface area contributed by atoms with Gasteiger partial charge in [0.25, 0.3) is 5.91 Å². The minimum atomic E-state index is -3.58. The van der Waals surface area contributed by atoms with E-state index in [2.05, 4.69) is 5.32 Å². The number of anilines is 1. The summed E-state index contributed by atoms with van der Waals surface area (Å²) in [4.78, 5) is 24.5. The Balaban J connectivity index is 1.58. The molecule has 3 rings (SSSR count). The van der Waals surface area contributed by atoms with Gasteiger partial charge >= 0.3 is 5.97 Å². The Morgan fingerprint density at radius 1 is 0.968 bits per heavy atom. The summed E-state index contributed by atoms with van der Waals surface area (Å²) < 4.78 is 32.2. The Morgan fingerprint density at radius 2 is 1.61 bits per heavy atom. The van der Waals surface area contributed by atoms with Crippen molar-refractivity contribution in [3.8, 4) is 0 Å². The fourth-order valence-corrected chi connectivity index (χ4v) is 4.98. The number of amides is 1. The molecule has 7 nitrogen and oxygen atoms in total. The van der Waals surface area contributed by atoms with E-state index >= 15 is 0 Å². The number of nitrogens with zero attached hydrogens (tertiary/aromatic N) is 1. The number of sulfonamides is 1. The lowest BCUT2D eigenvalue weighted by Crippen LogP contribution is -2.31. The van der Waals surface area contributed by atoms with Gasteiger partial charge in [0.2, 0.25) is 10.0 Å². The molecule has 0 bridgehead atoms. The van der Waals surface area contributed by atoms with Gasteiger partial charge in [0.05, 0.1) is 10.5 Å². The number of carbonyl (C=O) groups is 2. The van der Waals surface area contributed by atoms with E-state index in [1.807, 2.05) is 32.0 Å². The van der Waals surface area contributed by atoms with E-state index in [-0.39, 0.29) is 10.5 Å². The normalized spacial score (nSPS) is 15.2. The first-order valence-corrected chi connectivity index (χ1v) is 11.9. The van der Waals surface area contributed by atoms with Crippen LogP contribution < -0.4 is 5.32 Å². The first-order valence-electron chi connectivity index (χ1n) is 10.4. The van der Waals surface area contributed by atoms with Gasteiger partial charge in [0, 0.05) is 18.8 Å². The fourth-order valence-electron chi connectivity index (χ4n) is 3.47. The molecule has 0 spiro atoms. The van der Waals surface area contributed by atoms with Gasteiger partial charge in [-0.05, 0) is 68.1 Å². The summed E-state index contributed by atoms with van der Waals surface area (Å²) in [6, 6.07) is 11.3. The second kappa shape index (κ2) is 10.1. The average Bonchev–Trinajstić information content (AvgIpc) is 3.05. The summed E-state index contributed by atoms with van der Waals surface area (Å²) in [5, 5.41) is 2.73. The largest absolute Gasteiger partial charge is 0.452 e. The van der Waals surface area contributed by atoms with Crippen LogP contribution in [0.15, 0.2) is 47.4 Å². The number of ether oxygens (including phenoxy) is 1. The molecule has 1 N–H and O–H groups in total. The molecule has 0 aromatic heterocycles. The topological polar surface area (TPSA) is 92.8 Å². The summed E-state index contributed by atoms with van der Waals surface area (Å²) in [6.07, 6.45) is 3.78. The molecule has 2 aromatic rings. The maximum absolute atomic E-state index is 12.8. The zero-order chi connectivity index (χ0) is 22.4. The Labute approximate surface area is 183 Å². The molecule has 31 heavy (non-hydrogen) atoms. The van der Waals surface area contributed by atoms with Crippen molar-refractivity contribution in [3.05, 3.63) is 59.2 Å². The van der Waals surface area contributed by atoms with E-state index in [0.29, 0.717) is 18.8 Å². The van der Waals surface area contributed by atoms with Crippen molar-refractivity contribution >= 4 is 27.6 Å². The molecular formula is C23H28N2O5S. The number of benzene rings is 2. The van der Waals surface area contributed by atoms with E-state index in [4.69, 9.17) is 4.74 Å². The van der Waals surface area contributed by atoms with Crippen LogP contribution in [0.4, 0.5) is 5.69 Å². The number of esters is 1. The zero-order valence-electron chi connectivity index (χ0n) is 17.9. The molecule has 1 aliphatic rings. The van der Waals surface area contributed by atoms with Crippen molar-refractivity contribution in [1.82, 2.24) is 4.31 Å². The number of aryl methyl sites for hydroxylation is 2. The Morgan fingerprint density at radius 3 is 2.26 bits per heavy atom. The van der Waals surface area contributed by atoms with E-state index in [0.717, 1.165) is 36.8 Å². The molecule has 0 saturated carbocycles. The van der Waals surface area contributed by atoms with Gasteiger partial charge < -0.3 is 10.1 Å². The molecule has 8 heteroatoms. The molecule has 166 valence electrons. The lowest BCUT2D eigenvalue weighted by molar-refractivity contribution is -0.119. The molecule has 0 aliphatic carbocycles. The molecule has 2 aromatic carbocycles. The van der Waals surface area contributed by atoms with Crippen molar-refractivity contribution in [3.63, 3.8) is 0 Å². The van der Waals surface area contributed by atoms with E-state index in [9.17, 15) is 18.0 Å². The SMILES string of the molecule is Cc1ccc(C)c(NC(=O)COC(=O)c2ccc(S(=O)(=O)N3CCCCCC3)cc2)c1. The molecule has 1 heterocycles. The summed E-state index contributed by atoms with van der Waals surface area (Å²) in [5.74, 6) is -1.13. The third-order valence-corrected chi connectivity index (χ3v) is 7.21. The minimum Gasteiger partial charge on any atom is -0.452 e. The third kappa shape index (κ3) is 5.92. The van der Waals surface area contributed by atoms with Crippen LogP contribution in [0.2, 0.25) is 0 Å². The lowest BCUT2D eigenvalue weighted by atomic mass is 10.1. The zero-order valence-corrected chi connectivity index (χ0v) is 18.7. The smallest absolute Gasteiger partial charge is 0.338 e. The van der Waals surface area contributed by atoms with Crippen molar-refractivity contribution < 1.29 is 22.7 Å². The monoisotopic (exact) mass is 444 g/mol. The molecule has 1 amide bonds. The number of hydrogen-bond donors (Lipinski definition) is 1. The fraction of sp³-hybridized carbons (Fsp3) is 0.391. The summed E-state index contributed by atoms with van der Waals surface area (Å²) in [5.41, 5.74) is 2.78. The first-order chi connectivity index (χ1) is 14.8. The lowest BCUT2D eigenvalue weighted by Gasteiger charge is -2.20. The molecule has 1 saturated heterocycles. The Hall–Kier alpha value is -2.71. The van der Waals surface area contributed by atoms with Crippen LogP contribution in [0.1, 0.15) is 47.2 Å². The van der Waals surface area contributed by atoms with E-state index < -0.39 is 28.5 Å². The van der Waals surface area contributed by atoms with E-state index in [1.165, 1.54) is 28.6 Å². The van der Waals surface area contributed by atoms with Crippen molar-refractivity contribution in [1.29, 1.82) is 0 Å². The maximum atomic E-state index is 12.8. The highest BCUT2D eigenvalue weighted by molar-refractivity contribution is 7.89. The van der Waals surface area contributed by atoms with Gasteiger partial charge in [-0.2, -0.15) is 4.31 Å². The summed E-state index contributed by atoms with van der Waals surface area (Å²) >= 11 is 0. The van der Waals surface area contributed by atoms with Gasteiger partial charge in [0.15, 0.2) is 6.61 Å². The second-order valence-electron chi connectivity index (χ2n) is 7.79. The molecule has 0 atom stereocenters. The van der Waals surface area contributed by atoms with Crippen LogP contribution in [0.25, 0.3) is 0 Å². The van der Waals surface area contributed by atoms with Crippen LogP contribution in [0, 0.1) is 13.8 Å². The predicted molar refractivity (Wildman–Crippen MR) is 118 cm³/mol. The third-order valence-electron chi connectivity index (χ3n) is 5.29. The number of hydrogen-bond acceptors (Lipinski definition) is 5. The van der Waals surface area contributed by atoms with Gasteiger partial charge in [0.1, 0.15) is 0 Å². The molecule has 1 fully saturated rings. The van der Waals surface area contributed by atoms with Gasteiger partial charge in [-0.25, -0.2) is 13.2 Å². The standard InChI is InChI=1S/C23H28N2O5S/c1-17-7-8-18(2)21(15-17)24-22(26)16-30-23(27)19-9-11-20(12-10-19)31(28,29)25-13-5-3-4-6-14-25/h7-12,15H,3-6,13-14,16H2,1-2H3,(H,24,26). The minimum absolute atomic E-state index is 0.151. The van der Waals surface area contributed by atoms with Crippen LogP contribution >= 0.6 is 0 Å². The molecule has 0 radical (unpaired) electrons. The highest BCUT2D eigenvalue weighted by Crippen LogP contribution is 2.21. The molecule has 1 aliphatic heterocycles. The molecule has 0 unspecified atom stereocenters. The van der Waals surface area contributed by atoms with Gasteiger partial charge in [-0.3, -0.25) is 4.79 Å². The van der Waals surface area contributed by atoms with Gasteiger partial charge in [-0.15, -0.1) is 0 Å². The second-order valence-corrected chi connectivity index (χ2v) is 9.72.